The molecule has 0 saturated heterocycles. The van der Waals surface area contributed by atoms with E-state index in [0.29, 0.717) is 25.7 Å². The Balaban J connectivity index is 5.18. The minimum Gasteiger partial charge on any atom is -0.462 e. The van der Waals surface area contributed by atoms with Gasteiger partial charge in [0.1, 0.15) is 19.3 Å². The number of ether oxygens (including phenoxy) is 4. The lowest BCUT2D eigenvalue weighted by Crippen LogP contribution is -2.30. The van der Waals surface area contributed by atoms with Gasteiger partial charge in [-0.1, -0.05) is 381 Å². The number of hydrogen-bond acceptors (Lipinski definition) is 15. The van der Waals surface area contributed by atoms with Crippen LogP contribution in [-0.2, 0) is 65.4 Å². The van der Waals surface area contributed by atoms with E-state index in [-0.39, 0.29) is 25.7 Å². The minimum absolute atomic E-state index is 0.108. The summed E-state index contributed by atoms with van der Waals surface area (Å²) in [4.78, 5) is 72.9. The maximum Gasteiger partial charge on any atom is 0.472 e. The number of carbonyl (C=O) groups is 4. The van der Waals surface area contributed by atoms with Crippen LogP contribution in [0.3, 0.4) is 0 Å². The molecule has 3 N–H and O–H groups in total. The lowest BCUT2D eigenvalue weighted by atomic mass is 9.99. The Morgan fingerprint density at radius 1 is 0.280 bits per heavy atom. The lowest BCUT2D eigenvalue weighted by Gasteiger charge is -2.21. The standard InChI is InChI=1S/C81H158O17P2/c1-6-10-13-16-19-22-24-26-27-30-34-38-41-45-50-55-60-65-79(84)92-71-77(98-81(86)67-62-57-52-47-43-39-35-32-29-28-31-33-37-40-44-48-53-58-63-74(5)9-4)73-96-100(89,90)94-69-75(82)68-93-99(87,88)95-72-76(70-91-78(83)64-59-54-49-21-18-15-12-8-3)97-80(85)66-61-56-51-46-42-36-25-23-20-17-14-11-7-2/h74-77,82H,6-73H2,1-5H3,(H,87,88)(H,89,90)/t74?,75-,76+,77+/m0/s1. The molecule has 0 saturated carbocycles. The Labute approximate surface area is 613 Å². The van der Waals surface area contributed by atoms with Crippen LogP contribution in [0.25, 0.3) is 0 Å². The summed E-state index contributed by atoms with van der Waals surface area (Å²) >= 11 is 0. The summed E-state index contributed by atoms with van der Waals surface area (Å²) in [6.07, 6.45) is 65.2. The number of aliphatic hydroxyl groups excluding tert-OH is 1. The minimum atomic E-state index is -4.96. The zero-order valence-electron chi connectivity index (χ0n) is 65.3. The van der Waals surface area contributed by atoms with E-state index in [4.69, 9.17) is 37.0 Å². The third kappa shape index (κ3) is 73.0. The highest BCUT2D eigenvalue weighted by molar-refractivity contribution is 7.47. The van der Waals surface area contributed by atoms with Gasteiger partial charge in [-0.15, -0.1) is 0 Å². The Kier molecular flexibility index (Phi) is 72.5. The first-order chi connectivity index (χ1) is 48.6. The highest BCUT2D eigenvalue weighted by atomic mass is 31.2. The van der Waals surface area contributed by atoms with E-state index in [0.717, 1.165) is 102 Å². The summed E-state index contributed by atoms with van der Waals surface area (Å²) in [5, 5.41) is 10.6. The summed E-state index contributed by atoms with van der Waals surface area (Å²) in [5.74, 6) is -1.24. The molecule has 0 spiro atoms. The van der Waals surface area contributed by atoms with E-state index in [2.05, 4.69) is 34.6 Å². The number of unbranched alkanes of at least 4 members (excludes halogenated alkanes) is 52. The molecule has 0 rings (SSSR count). The Bertz CT molecular complexity index is 1910. The molecule has 19 heteroatoms. The SMILES string of the molecule is CCCCCCCCCCCCCCCCCCCC(=O)OC[C@H](COP(=O)(O)OC[C@@H](O)COP(=O)(O)OC[C@@H](COC(=O)CCCCCCCCCC)OC(=O)CCCCCCCCCCCCCCC)OC(=O)CCCCCCCCCCCCCCCCCCCCC(C)CC. The summed E-state index contributed by atoms with van der Waals surface area (Å²) in [6, 6.07) is 0. The van der Waals surface area contributed by atoms with Crippen molar-refractivity contribution in [1.82, 2.24) is 0 Å². The first-order valence-electron chi connectivity index (χ1n) is 42.2. The van der Waals surface area contributed by atoms with Crippen molar-refractivity contribution in [3.63, 3.8) is 0 Å². The van der Waals surface area contributed by atoms with E-state index in [1.165, 1.54) is 250 Å². The van der Waals surface area contributed by atoms with Crippen LogP contribution in [0.2, 0.25) is 0 Å². The van der Waals surface area contributed by atoms with Crippen LogP contribution < -0.4 is 0 Å². The number of phosphoric ester groups is 2. The van der Waals surface area contributed by atoms with Gasteiger partial charge < -0.3 is 33.8 Å². The number of phosphoric acid groups is 2. The van der Waals surface area contributed by atoms with Gasteiger partial charge in [0.15, 0.2) is 12.2 Å². The molecule has 0 aliphatic heterocycles. The molecule has 6 atom stereocenters. The zero-order valence-corrected chi connectivity index (χ0v) is 67.1. The molecule has 0 fully saturated rings. The molecule has 0 aliphatic rings. The summed E-state index contributed by atoms with van der Waals surface area (Å²) < 4.78 is 68.6. The molecule has 0 bridgehead atoms. The molecule has 0 heterocycles. The van der Waals surface area contributed by atoms with Gasteiger partial charge in [0.2, 0.25) is 0 Å². The molecule has 17 nitrogen and oxygen atoms in total. The smallest absolute Gasteiger partial charge is 0.462 e. The zero-order chi connectivity index (χ0) is 73.4. The van der Waals surface area contributed by atoms with Gasteiger partial charge in [0, 0.05) is 25.7 Å². The largest absolute Gasteiger partial charge is 0.472 e. The fourth-order valence-electron chi connectivity index (χ4n) is 12.6. The molecule has 0 radical (unpaired) electrons. The highest BCUT2D eigenvalue weighted by Gasteiger charge is 2.30. The Morgan fingerprint density at radius 3 is 0.710 bits per heavy atom. The van der Waals surface area contributed by atoms with Crippen molar-refractivity contribution in [3.8, 4) is 0 Å². The average Bonchev–Trinajstić information content (AvgIpc) is 0.967. The number of carbonyl (C=O) groups excluding carboxylic acids is 4. The maximum absolute atomic E-state index is 13.1. The second-order valence-corrected chi connectivity index (χ2v) is 32.3. The number of aliphatic hydroxyl groups is 1. The summed E-state index contributed by atoms with van der Waals surface area (Å²) in [5.41, 5.74) is 0. The number of hydrogen-bond donors (Lipinski definition) is 3. The fraction of sp³-hybridized carbons (Fsp3) is 0.951. The molecule has 100 heavy (non-hydrogen) atoms. The third-order valence-corrected chi connectivity index (χ3v) is 21.3. The predicted octanol–water partition coefficient (Wildman–Crippen LogP) is 24.4. The van der Waals surface area contributed by atoms with Crippen LogP contribution >= 0.6 is 15.6 Å². The van der Waals surface area contributed by atoms with Crippen molar-refractivity contribution in [3.05, 3.63) is 0 Å². The van der Waals surface area contributed by atoms with E-state index in [1.807, 2.05) is 0 Å². The van der Waals surface area contributed by atoms with E-state index in [9.17, 15) is 43.2 Å². The second-order valence-electron chi connectivity index (χ2n) is 29.4. The summed E-state index contributed by atoms with van der Waals surface area (Å²) in [6.45, 7) is 7.37. The third-order valence-electron chi connectivity index (χ3n) is 19.4. The van der Waals surface area contributed by atoms with Crippen molar-refractivity contribution in [2.75, 3.05) is 39.6 Å². The highest BCUT2D eigenvalue weighted by Crippen LogP contribution is 2.45. The topological polar surface area (TPSA) is 237 Å². The molecular formula is C81H158O17P2. The number of esters is 4. The van der Waals surface area contributed by atoms with E-state index >= 15 is 0 Å². The molecule has 0 amide bonds. The van der Waals surface area contributed by atoms with Gasteiger partial charge >= 0.3 is 39.5 Å². The van der Waals surface area contributed by atoms with Gasteiger partial charge in [0.05, 0.1) is 26.4 Å². The Hall–Kier alpha value is -1.94. The monoisotopic (exact) mass is 1470 g/mol. The second kappa shape index (κ2) is 73.9. The molecule has 3 unspecified atom stereocenters. The molecule has 594 valence electrons. The van der Waals surface area contributed by atoms with Crippen molar-refractivity contribution in [1.29, 1.82) is 0 Å². The van der Waals surface area contributed by atoms with Gasteiger partial charge in [-0.2, -0.15) is 0 Å². The molecule has 0 aromatic rings. The first kappa shape index (κ1) is 98.1. The molecule has 0 aromatic heterocycles. The molecular weight excluding hydrogens is 1310 g/mol. The van der Waals surface area contributed by atoms with Gasteiger partial charge in [-0.25, -0.2) is 9.13 Å². The maximum atomic E-state index is 13.1. The average molecular weight is 1470 g/mol. The van der Waals surface area contributed by atoms with Gasteiger partial charge in [0.25, 0.3) is 0 Å². The van der Waals surface area contributed by atoms with Crippen molar-refractivity contribution in [2.45, 2.75) is 451 Å². The van der Waals surface area contributed by atoms with E-state index < -0.39 is 97.5 Å². The quantitative estimate of drug-likeness (QED) is 0.0222. The van der Waals surface area contributed by atoms with Crippen LogP contribution in [0.4, 0.5) is 0 Å². The van der Waals surface area contributed by atoms with Crippen LogP contribution in [0.1, 0.15) is 433 Å². The number of rotatable bonds is 81. The fourth-order valence-corrected chi connectivity index (χ4v) is 14.1. The molecule has 0 aliphatic carbocycles. The van der Waals surface area contributed by atoms with Gasteiger partial charge in [-0.3, -0.25) is 37.3 Å². The van der Waals surface area contributed by atoms with Crippen molar-refractivity contribution < 1.29 is 80.2 Å². The van der Waals surface area contributed by atoms with Crippen molar-refractivity contribution >= 4 is 39.5 Å². The summed E-state index contributed by atoms with van der Waals surface area (Å²) in [7, 11) is -9.91. The lowest BCUT2D eigenvalue weighted by molar-refractivity contribution is -0.161. The normalized spacial score (nSPS) is 14.1. The van der Waals surface area contributed by atoms with Crippen LogP contribution in [0.5, 0.6) is 0 Å². The van der Waals surface area contributed by atoms with Crippen LogP contribution in [0, 0.1) is 5.92 Å². The molecule has 0 aromatic carbocycles. The first-order valence-corrected chi connectivity index (χ1v) is 45.2. The van der Waals surface area contributed by atoms with Crippen LogP contribution in [0.15, 0.2) is 0 Å². The Morgan fingerprint density at radius 2 is 0.480 bits per heavy atom. The van der Waals surface area contributed by atoms with Crippen molar-refractivity contribution in [2.24, 2.45) is 5.92 Å². The van der Waals surface area contributed by atoms with E-state index in [1.54, 1.807) is 0 Å². The predicted molar refractivity (Wildman–Crippen MR) is 409 cm³/mol. The van der Waals surface area contributed by atoms with Crippen LogP contribution in [-0.4, -0.2) is 96.7 Å². The van der Waals surface area contributed by atoms with Gasteiger partial charge in [-0.05, 0) is 31.6 Å².